The van der Waals surface area contributed by atoms with Crippen LogP contribution in [0, 0.1) is 0 Å². The molecule has 0 heterocycles. The van der Waals surface area contributed by atoms with Crippen LogP contribution in [0.1, 0.15) is 259 Å². The number of phosphoric acid groups is 2. The molecule has 5 unspecified atom stereocenters. The fraction of sp³-hybridized carbons (Fsp3) is 0.590. The lowest BCUT2D eigenvalue weighted by Gasteiger charge is -2.21. The Morgan fingerprint density at radius 1 is 0.284 bits per heavy atom. The highest BCUT2D eigenvalue weighted by atomic mass is 31.2. The van der Waals surface area contributed by atoms with E-state index < -0.39 is 97.5 Å². The number of rotatable bonds is 69. The first-order chi connectivity index (χ1) is 49.7. The van der Waals surface area contributed by atoms with Crippen molar-refractivity contribution in [3.8, 4) is 0 Å². The molecule has 576 valence electrons. The zero-order valence-corrected chi connectivity index (χ0v) is 64.5. The van der Waals surface area contributed by atoms with E-state index in [2.05, 4.69) is 186 Å². The average molecular weight is 1460 g/mol. The number of ether oxygens (including phenoxy) is 4. The quantitative estimate of drug-likeness (QED) is 0.0169. The number of aliphatic hydroxyl groups excluding tert-OH is 1. The monoisotopic (exact) mass is 1460 g/mol. The van der Waals surface area contributed by atoms with E-state index in [1.807, 2.05) is 24.3 Å². The maximum absolute atomic E-state index is 13.1. The van der Waals surface area contributed by atoms with Crippen LogP contribution < -0.4 is 0 Å². The summed E-state index contributed by atoms with van der Waals surface area (Å²) in [6.07, 6.45) is 87.6. The predicted octanol–water partition coefficient (Wildman–Crippen LogP) is 22.0. The Balaban J connectivity index is 5.48. The van der Waals surface area contributed by atoms with Crippen molar-refractivity contribution in [3.05, 3.63) is 182 Å². The molecule has 3 N–H and O–H groups in total. The van der Waals surface area contributed by atoms with Crippen LogP contribution in [0.15, 0.2) is 182 Å². The molecule has 0 saturated carbocycles. The first-order valence-electron chi connectivity index (χ1n) is 38.0. The Morgan fingerprint density at radius 3 is 0.824 bits per heavy atom. The highest BCUT2D eigenvalue weighted by Gasteiger charge is 2.30. The predicted molar refractivity (Wildman–Crippen MR) is 417 cm³/mol. The number of unbranched alkanes of at least 4 members (excludes halogenated alkanes) is 13. The van der Waals surface area contributed by atoms with Crippen molar-refractivity contribution in [3.63, 3.8) is 0 Å². The second-order valence-corrected chi connectivity index (χ2v) is 27.3. The molecule has 0 spiro atoms. The molecule has 0 aromatic heterocycles. The van der Waals surface area contributed by atoms with Crippen LogP contribution in [0.3, 0.4) is 0 Å². The van der Waals surface area contributed by atoms with Crippen molar-refractivity contribution in [1.29, 1.82) is 0 Å². The Labute approximate surface area is 615 Å². The van der Waals surface area contributed by atoms with Crippen molar-refractivity contribution in [2.24, 2.45) is 0 Å². The minimum absolute atomic E-state index is 0.0460. The normalized spacial score (nSPS) is 14.9. The van der Waals surface area contributed by atoms with Gasteiger partial charge in [0, 0.05) is 25.7 Å². The van der Waals surface area contributed by atoms with Crippen LogP contribution in [-0.2, 0) is 65.4 Å². The van der Waals surface area contributed by atoms with Gasteiger partial charge in [0.15, 0.2) is 12.2 Å². The molecule has 5 atom stereocenters. The number of esters is 4. The van der Waals surface area contributed by atoms with Crippen LogP contribution in [0.4, 0.5) is 0 Å². The standard InChI is InChI=1S/C83H132O17P2/c1-5-9-13-17-21-25-29-32-35-38-41-44-48-51-55-59-63-67-80(85)93-73-78(99-82(87)69-65-61-57-53-47-28-24-20-16-12-8-4)75-97-101(89,90)95-71-77(84)72-96-102(91,92)98-76-79(100-83(88)70-66-62-58-54-50-46-43-40-37-34-31-27-23-19-15-11-7-3)74-94-81(86)68-64-60-56-52-49-45-42-39-36-33-30-26-22-18-14-10-6-2/h9-11,13-15,20-27,32-37,41-46,51-52,55-56,77-79,84H,5-8,12,16-19,28-31,38-40,47-50,53-54,57-76H2,1-4H3,(H,89,90)(H,91,92)/b13-9-,14-10-,15-11-,24-20-,25-21-,26-22-,27-23-,35-32-,36-33-,37-34-,44-41-,45-42-,46-43-,55-51-,56-52-. The third-order valence-corrected chi connectivity index (χ3v) is 16.7. The van der Waals surface area contributed by atoms with Gasteiger partial charge < -0.3 is 33.8 Å². The van der Waals surface area contributed by atoms with Crippen molar-refractivity contribution in [1.82, 2.24) is 0 Å². The van der Waals surface area contributed by atoms with Crippen molar-refractivity contribution in [2.75, 3.05) is 39.6 Å². The van der Waals surface area contributed by atoms with Crippen molar-refractivity contribution in [2.45, 2.75) is 277 Å². The molecule has 19 heteroatoms. The van der Waals surface area contributed by atoms with E-state index >= 15 is 0 Å². The number of aliphatic hydroxyl groups is 1. The van der Waals surface area contributed by atoms with Gasteiger partial charge in [-0.05, 0) is 161 Å². The topological polar surface area (TPSA) is 237 Å². The van der Waals surface area contributed by atoms with Gasteiger partial charge >= 0.3 is 39.5 Å². The van der Waals surface area contributed by atoms with E-state index in [4.69, 9.17) is 37.0 Å². The lowest BCUT2D eigenvalue weighted by atomic mass is 10.1. The second-order valence-electron chi connectivity index (χ2n) is 24.4. The number of hydrogen-bond acceptors (Lipinski definition) is 15. The third-order valence-electron chi connectivity index (χ3n) is 14.8. The molecule has 0 aromatic carbocycles. The van der Waals surface area contributed by atoms with E-state index in [-0.39, 0.29) is 25.7 Å². The fourth-order valence-electron chi connectivity index (χ4n) is 9.14. The van der Waals surface area contributed by atoms with Crippen LogP contribution in [-0.4, -0.2) is 96.7 Å². The van der Waals surface area contributed by atoms with Crippen molar-refractivity contribution < 1.29 is 80.2 Å². The Bertz CT molecular complexity index is 2650. The minimum Gasteiger partial charge on any atom is -0.462 e. The zero-order valence-electron chi connectivity index (χ0n) is 62.7. The molecule has 0 radical (unpaired) electrons. The molecule has 0 saturated heterocycles. The molecule has 17 nitrogen and oxygen atoms in total. The van der Waals surface area contributed by atoms with Crippen LogP contribution in [0.5, 0.6) is 0 Å². The average Bonchev–Trinajstić information content (AvgIpc) is 0.994. The molecule has 0 rings (SSSR count). The largest absolute Gasteiger partial charge is 0.472 e. The van der Waals surface area contributed by atoms with Gasteiger partial charge in [-0.1, -0.05) is 255 Å². The van der Waals surface area contributed by atoms with Gasteiger partial charge in [-0.15, -0.1) is 0 Å². The summed E-state index contributed by atoms with van der Waals surface area (Å²) in [6.45, 7) is 4.28. The molecule has 0 bridgehead atoms. The molecular formula is C83H132O17P2. The Kier molecular flexibility index (Phi) is 69.3. The number of allylic oxidation sites excluding steroid dienone is 30. The number of phosphoric ester groups is 2. The highest BCUT2D eigenvalue weighted by molar-refractivity contribution is 7.47. The van der Waals surface area contributed by atoms with Gasteiger partial charge in [0.1, 0.15) is 19.3 Å². The lowest BCUT2D eigenvalue weighted by molar-refractivity contribution is -0.161. The van der Waals surface area contributed by atoms with E-state index in [1.54, 1.807) is 0 Å². The van der Waals surface area contributed by atoms with Gasteiger partial charge in [-0.2, -0.15) is 0 Å². The molecule has 0 fully saturated rings. The van der Waals surface area contributed by atoms with E-state index in [9.17, 15) is 43.2 Å². The molecule has 0 amide bonds. The molecule has 0 aliphatic carbocycles. The first-order valence-corrected chi connectivity index (χ1v) is 41.0. The van der Waals surface area contributed by atoms with E-state index in [1.165, 1.54) is 6.42 Å². The van der Waals surface area contributed by atoms with Crippen LogP contribution in [0.2, 0.25) is 0 Å². The van der Waals surface area contributed by atoms with E-state index in [0.717, 1.165) is 161 Å². The summed E-state index contributed by atoms with van der Waals surface area (Å²) in [4.78, 5) is 72.8. The minimum atomic E-state index is -5.01. The van der Waals surface area contributed by atoms with E-state index in [0.29, 0.717) is 38.5 Å². The summed E-state index contributed by atoms with van der Waals surface area (Å²) in [5.74, 6) is -2.37. The smallest absolute Gasteiger partial charge is 0.462 e. The van der Waals surface area contributed by atoms with Gasteiger partial charge in [0.05, 0.1) is 26.4 Å². The molecule has 102 heavy (non-hydrogen) atoms. The summed E-state index contributed by atoms with van der Waals surface area (Å²) in [5.41, 5.74) is 0. The van der Waals surface area contributed by atoms with Crippen LogP contribution in [0.25, 0.3) is 0 Å². The second kappa shape index (κ2) is 73.5. The molecule has 0 aliphatic heterocycles. The van der Waals surface area contributed by atoms with Gasteiger partial charge in [0.2, 0.25) is 0 Å². The SMILES string of the molecule is CC/C=C\C/C=C\C/C=C\C/C=C\C/C=C\CCCC(=O)OCC(COP(=O)(O)OCC(O)COP(=O)(O)OCC(COC(=O)CCC/C=C\C/C=C\C/C=C\C/C=C\C/C=C\CC)OC(=O)CCCCCCC/C=C\CCCC)OC(=O)CCCCCC/C=C\C/C=C\C/C=C\C/C=C\CC. The molecule has 0 aliphatic rings. The highest BCUT2D eigenvalue weighted by Crippen LogP contribution is 2.45. The molecule has 0 aromatic rings. The van der Waals surface area contributed by atoms with Crippen LogP contribution >= 0.6 is 15.6 Å². The summed E-state index contributed by atoms with van der Waals surface area (Å²) in [6, 6.07) is 0. The van der Waals surface area contributed by atoms with Crippen molar-refractivity contribution >= 4 is 39.5 Å². The number of carbonyl (C=O) groups excluding carboxylic acids is 4. The van der Waals surface area contributed by atoms with Gasteiger partial charge in [0.25, 0.3) is 0 Å². The number of hydrogen-bond donors (Lipinski definition) is 3. The zero-order chi connectivity index (χ0) is 74.6. The maximum atomic E-state index is 13.1. The summed E-state index contributed by atoms with van der Waals surface area (Å²) < 4.78 is 68.3. The third kappa shape index (κ3) is 72.5. The lowest BCUT2D eigenvalue weighted by Crippen LogP contribution is -2.30. The maximum Gasteiger partial charge on any atom is 0.472 e. The first kappa shape index (κ1) is 96.2. The number of carbonyl (C=O) groups is 4. The Hall–Kier alpha value is -5.84. The molecular weight excluding hydrogens is 1330 g/mol. The summed E-state index contributed by atoms with van der Waals surface area (Å²) >= 11 is 0. The van der Waals surface area contributed by atoms with Gasteiger partial charge in [-0.25, -0.2) is 9.13 Å². The summed E-state index contributed by atoms with van der Waals surface area (Å²) in [5, 5.41) is 10.6. The fourth-order valence-corrected chi connectivity index (χ4v) is 10.7. The summed E-state index contributed by atoms with van der Waals surface area (Å²) in [7, 11) is -10.0. The van der Waals surface area contributed by atoms with Gasteiger partial charge in [-0.3, -0.25) is 37.3 Å². The Morgan fingerprint density at radius 2 is 0.520 bits per heavy atom.